The minimum absolute atomic E-state index is 0.0461. The summed E-state index contributed by atoms with van der Waals surface area (Å²) in [5.41, 5.74) is 1.84. The van der Waals surface area contributed by atoms with Crippen LogP contribution in [0.3, 0.4) is 0 Å². The van der Waals surface area contributed by atoms with Gasteiger partial charge < -0.3 is 4.90 Å². The van der Waals surface area contributed by atoms with Gasteiger partial charge in [0.25, 0.3) is 0 Å². The molecule has 0 radical (unpaired) electrons. The van der Waals surface area contributed by atoms with E-state index in [4.69, 9.17) is 11.6 Å². The van der Waals surface area contributed by atoms with E-state index in [9.17, 15) is 9.59 Å². The van der Waals surface area contributed by atoms with Crippen LogP contribution in [-0.4, -0.2) is 52.5 Å². The van der Waals surface area contributed by atoms with E-state index in [1.165, 1.54) is 28.0 Å². The van der Waals surface area contributed by atoms with E-state index < -0.39 is 0 Å². The number of halogens is 1. The molecular weight excluding hydrogens is 390 g/mol. The Bertz CT molecular complexity index is 862. The van der Waals surface area contributed by atoms with Gasteiger partial charge in [-0.15, -0.1) is 11.3 Å². The van der Waals surface area contributed by atoms with Gasteiger partial charge in [-0.05, 0) is 19.1 Å². The lowest BCUT2D eigenvalue weighted by Crippen LogP contribution is -2.37. The molecule has 2 aromatic rings. The summed E-state index contributed by atoms with van der Waals surface area (Å²) in [6.07, 6.45) is 1.87. The van der Waals surface area contributed by atoms with Crippen molar-refractivity contribution in [2.24, 2.45) is 0 Å². The minimum atomic E-state index is -0.202. The Morgan fingerprint density at radius 2 is 2.04 bits per heavy atom. The average Bonchev–Trinajstić information content (AvgIpc) is 3.16. The molecule has 0 N–H and O–H groups in total. The van der Waals surface area contributed by atoms with E-state index in [1.807, 2.05) is 42.6 Å². The fourth-order valence-corrected chi connectivity index (χ4v) is 4.38. The molecule has 1 saturated heterocycles. The number of thioether (sulfide) groups is 1. The van der Waals surface area contributed by atoms with Crippen LogP contribution in [0.15, 0.2) is 34.7 Å². The molecule has 1 aliphatic rings. The fourth-order valence-electron chi connectivity index (χ4n) is 2.38. The molecule has 1 aliphatic heterocycles. The van der Waals surface area contributed by atoms with Crippen LogP contribution >= 0.6 is 34.7 Å². The van der Waals surface area contributed by atoms with Gasteiger partial charge in [0, 0.05) is 36.1 Å². The number of aromatic nitrogens is 1. The van der Waals surface area contributed by atoms with E-state index in [0.29, 0.717) is 5.02 Å². The van der Waals surface area contributed by atoms with Gasteiger partial charge >= 0.3 is 0 Å². The number of likely N-dealkylation sites (N-methyl/N-ethyl adjacent to an activating group) is 1. The molecule has 2 amide bonds. The summed E-state index contributed by atoms with van der Waals surface area (Å²) in [5.74, 6) is -0.161. The highest BCUT2D eigenvalue weighted by molar-refractivity contribution is 8.04. The highest BCUT2D eigenvalue weighted by Gasteiger charge is 2.35. The maximum atomic E-state index is 12.4. The van der Waals surface area contributed by atoms with Crippen LogP contribution in [0.4, 0.5) is 0 Å². The molecule has 3 rings (SSSR count). The molecule has 0 spiro atoms. The maximum Gasteiger partial charge on any atom is 0.242 e. The lowest BCUT2D eigenvalue weighted by Gasteiger charge is -2.19. The van der Waals surface area contributed by atoms with Crippen molar-refractivity contribution in [3.63, 3.8) is 0 Å². The molecule has 0 aliphatic carbocycles. The van der Waals surface area contributed by atoms with Crippen molar-refractivity contribution < 1.29 is 9.59 Å². The Kier molecular flexibility index (Phi) is 5.70. The molecule has 0 saturated carbocycles. The Morgan fingerprint density at radius 1 is 1.35 bits per heavy atom. The van der Waals surface area contributed by atoms with Crippen molar-refractivity contribution in [3.8, 4) is 11.3 Å². The largest absolute Gasteiger partial charge is 0.347 e. The van der Waals surface area contributed by atoms with Crippen LogP contribution in [0.25, 0.3) is 17.3 Å². The molecule has 5 nitrogen and oxygen atoms in total. The van der Waals surface area contributed by atoms with Crippen molar-refractivity contribution in [1.82, 2.24) is 14.8 Å². The van der Waals surface area contributed by atoms with E-state index >= 15 is 0 Å². The molecule has 0 bridgehead atoms. The van der Waals surface area contributed by atoms with E-state index in [2.05, 4.69) is 4.98 Å². The minimum Gasteiger partial charge on any atom is -0.347 e. The van der Waals surface area contributed by atoms with Crippen molar-refractivity contribution in [3.05, 3.63) is 44.7 Å². The van der Waals surface area contributed by atoms with Crippen LogP contribution in [0.5, 0.6) is 0 Å². The van der Waals surface area contributed by atoms with Crippen LogP contribution in [0.2, 0.25) is 5.02 Å². The molecule has 1 atom stereocenters. The highest BCUT2D eigenvalue weighted by atomic mass is 35.5. The Morgan fingerprint density at radius 3 is 2.69 bits per heavy atom. The second-order valence-electron chi connectivity index (χ2n) is 6.03. The molecular formula is C18H18ClN3O2S2. The normalized spacial score (nSPS) is 18.6. The molecule has 1 unspecified atom stereocenters. The standard InChI is InChI=1S/C18H18ClN3O2S2/c1-11-18(24)22(9-16(23)21(2)3)17(26-11)8-15-20-14(10-25-15)12-4-6-13(19)7-5-12/h4-8,10-11H,9H2,1-3H3/b17-8+. The molecule has 8 heteroatoms. The monoisotopic (exact) mass is 407 g/mol. The van der Waals surface area contributed by atoms with Gasteiger partial charge in [0.05, 0.1) is 16.0 Å². The summed E-state index contributed by atoms with van der Waals surface area (Å²) in [6, 6.07) is 7.50. The highest BCUT2D eigenvalue weighted by Crippen LogP contribution is 2.37. The zero-order valence-electron chi connectivity index (χ0n) is 14.6. The van der Waals surface area contributed by atoms with Crippen molar-refractivity contribution >= 4 is 52.6 Å². The topological polar surface area (TPSA) is 53.5 Å². The maximum absolute atomic E-state index is 12.4. The van der Waals surface area contributed by atoms with Gasteiger partial charge in [-0.1, -0.05) is 35.5 Å². The van der Waals surface area contributed by atoms with E-state index in [0.717, 1.165) is 21.3 Å². The molecule has 1 aromatic heterocycles. The second kappa shape index (κ2) is 7.82. The van der Waals surface area contributed by atoms with E-state index in [1.54, 1.807) is 19.0 Å². The van der Waals surface area contributed by atoms with Crippen LogP contribution in [0.1, 0.15) is 11.9 Å². The van der Waals surface area contributed by atoms with Gasteiger partial charge in [0.15, 0.2) is 0 Å². The first-order chi connectivity index (χ1) is 12.3. The van der Waals surface area contributed by atoms with Gasteiger partial charge in [0.2, 0.25) is 11.8 Å². The predicted octanol–water partition coefficient (Wildman–Crippen LogP) is 3.81. The molecule has 26 heavy (non-hydrogen) atoms. The first-order valence-corrected chi connectivity index (χ1v) is 10.1. The number of carbonyl (C=O) groups excluding carboxylic acids is 2. The molecule has 136 valence electrons. The van der Waals surface area contributed by atoms with Crippen LogP contribution in [-0.2, 0) is 9.59 Å². The number of hydrogen-bond donors (Lipinski definition) is 0. The predicted molar refractivity (Wildman–Crippen MR) is 108 cm³/mol. The van der Waals surface area contributed by atoms with Crippen molar-refractivity contribution in [2.45, 2.75) is 12.2 Å². The SMILES string of the molecule is CC1S/C(=C/c2nc(-c3ccc(Cl)cc3)cs2)N(CC(=O)N(C)C)C1=O. The van der Waals surface area contributed by atoms with Gasteiger partial charge in [-0.3, -0.25) is 14.5 Å². The third-order valence-corrected chi connectivity index (χ3v) is 6.06. The number of amides is 2. The summed E-state index contributed by atoms with van der Waals surface area (Å²) >= 11 is 8.88. The summed E-state index contributed by atoms with van der Waals surface area (Å²) in [5, 5.41) is 4.00. The Balaban J connectivity index is 1.84. The fraction of sp³-hybridized carbons (Fsp3) is 0.278. The number of carbonyl (C=O) groups is 2. The van der Waals surface area contributed by atoms with E-state index in [-0.39, 0.29) is 23.6 Å². The first kappa shape index (κ1) is 18.9. The van der Waals surface area contributed by atoms with Crippen LogP contribution in [0, 0.1) is 0 Å². The summed E-state index contributed by atoms with van der Waals surface area (Å²) in [7, 11) is 3.37. The summed E-state index contributed by atoms with van der Waals surface area (Å²) in [4.78, 5) is 32.1. The lowest BCUT2D eigenvalue weighted by molar-refractivity contribution is -0.136. The quantitative estimate of drug-likeness (QED) is 0.773. The smallest absolute Gasteiger partial charge is 0.242 e. The number of hydrogen-bond acceptors (Lipinski definition) is 5. The number of thiazole rings is 1. The number of benzene rings is 1. The number of nitrogens with zero attached hydrogens (tertiary/aromatic N) is 3. The summed E-state index contributed by atoms with van der Waals surface area (Å²) in [6.45, 7) is 1.90. The lowest BCUT2D eigenvalue weighted by atomic mass is 10.2. The zero-order chi connectivity index (χ0) is 18.8. The molecule has 2 heterocycles. The Hall–Kier alpha value is -1.83. The van der Waals surface area contributed by atoms with Crippen molar-refractivity contribution in [2.75, 3.05) is 20.6 Å². The van der Waals surface area contributed by atoms with Gasteiger partial charge in [0.1, 0.15) is 11.6 Å². The van der Waals surface area contributed by atoms with Crippen molar-refractivity contribution in [1.29, 1.82) is 0 Å². The molecule has 1 fully saturated rings. The van der Waals surface area contributed by atoms with Gasteiger partial charge in [-0.2, -0.15) is 0 Å². The zero-order valence-corrected chi connectivity index (χ0v) is 17.0. The van der Waals surface area contributed by atoms with Gasteiger partial charge in [-0.25, -0.2) is 4.98 Å². The third kappa shape index (κ3) is 4.11. The third-order valence-electron chi connectivity index (χ3n) is 3.88. The summed E-state index contributed by atoms with van der Waals surface area (Å²) < 4.78 is 0. The van der Waals surface area contributed by atoms with Crippen LogP contribution < -0.4 is 0 Å². The number of rotatable bonds is 4. The Labute approximate surface area is 165 Å². The molecule has 1 aromatic carbocycles. The second-order valence-corrected chi connectivity index (χ2v) is 8.72. The first-order valence-electron chi connectivity index (χ1n) is 7.96. The average molecular weight is 408 g/mol.